The smallest absolute Gasteiger partial charge is 0.417 e. The summed E-state index contributed by atoms with van der Waals surface area (Å²) in [6, 6.07) is 7.47. The number of nitrogens with zero attached hydrogens (tertiary/aromatic N) is 3. The summed E-state index contributed by atoms with van der Waals surface area (Å²) in [6.07, 6.45) is 1.72. The van der Waals surface area contributed by atoms with Crippen molar-refractivity contribution in [2.24, 2.45) is 0 Å². The molecule has 8 heteroatoms. The Bertz CT molecular complexity index is 914. The van der Waals surface area contributed by atoms with Crippen LogP contribution >= 0.6 is 11.6 Å². The third-order valence-electron chi connectivity index (χ3n) is 4.99. The van der Waals surface area contributed by atoms with Gasteiger partial charge in [-0.15, -0.1) is 10.2 Å². The molecular weight excluding hydrogens is 382 g/mol. The van der Waals surface area contributed by atoms with E-state index in [-0.39, 0.29) is 16.8 Å². The molecule has 1 aliphatic heterocycles. The van der Waals surface area contributed by atoms with Crippen molar-refractivity contribution >= 4 is 17.7 Å². The van der Waals surface area contributed by atoms with E-state index in [2.05, 4.69) is 16.3 Å². The highest BCUT2D eigenvalue weighted by Crippen LogP contribution is 2.47. The number of ether oxygens (including phenoxy) is 3. The summed E-state index contributed by atoms with van der Waals surface area (Å²) in [4.78, 5) is 14.2. The van der Waals surface area contributed by atoms with Gasteiger partial charge in [0.15, 0.2) is 10.9 Å². The minimum Gasteiger partial charge on any atom is -0.434 e. The molecule has 0 atom stereocenters. The lowest BCUT2D eigenvalue weighted by molar-refractivity contribution is -0.0381. The van der Waals surface area contributed by atoms with Gasteiger partial charge in [-0.05, 0) is 50.7 Å². The molecule has 1 aliphatic carbocycles. The third kappa shape index (κ3) is 3.77. The lowest BCUT2D eigenvalue weighted by atomic mass is 10.1. The number of hydrogen-bond acceptors (Lipinski definition) is 6. The predicted molar refractivity (Wildman–Crippen MR) is 103 cm³/mol. The highest BCUT2D eigenvalue weighted by atomic mass is 35.5. The Morgan fingerprint density at radius 2 is 2.11 bits per heavy atom. The molecule has 1 saturated carbocycles. The van der Waals surface area contributed by atoms with Crippen molar-refractivity contribution < 1.29 is 19.0 Å². The molecule has 148 valence electrons. The van der Waals surface area contributed by atoms with Crippen molar-refractivity contribution in [1.29, 1.82) is 0 Å². The van der Waals surface area contributed by atoms with E-state index in [0.717, 1.165) is 29.7 Å². The summed E-state index contributed by atoms with van der Waals surface area (Å²) in [7, 11) is 0. The van der Waals surface area contributed by atoms with Gasteiger partial charge in [-0.1, -0.05) is 29.8 Å². The molecule has 1 aromatic carbocycles. The van der Waals surface area contributed by atoms with Gasteiger partial charge >= 0.3 is 6.09 Å². The molecule has 1 saturated heterocycles. The maximum atomic E-state index is 12.7. The van der Waals surface area contributed by atoms with E-state index in [1.54, 1.807) is 0 Å². The summed E-state index contributed by atoms with van der Waals surface area (Å²) in [6.45, 7) is 6.49. The molecule has 0 spiro atoms. The van der Waals surface area contributed by atoms with Gasteiger partial charge in [-0.3, -0.25) is 4.90 Å². The SMILES string of the molecule is Cc1cccc(C2CC2)c1Oc1nnc(Cl)cc1OC(=O)N1CCOC1(C)C. The molecular formula is C20H22ClN3O4. The second kappa shape index (κ2) is 7.22. The van der Waals surface area contributed by atoms with Gasteiger partial charge in [0.25, 0.3) is 5.88 Å². The van der Waals surface area contributed by atoms with E-state index < -0.39 is 11.8 Å². The summed E-state index contributed by atoms with van der Waals surface area (Å²) in [5, 5.41) is 7.98. The summed E-state index contributed by atoms with van der Waals surface area (Å²) in [5.74, 6) is 1.44. The largest absolute Gasteiger partial charge is 0.434 e. The number of amides is 1. The van der Waals surface area contributed by atoms with Gasteiger partial charge in [0, 0.05) is 6.07 Å². The minimum absolute atomic E-state index is 0.104. The fourth-order valence-electron chi connectivity index (χ4n) is 3.31. The van der Waals surface area contributed by atoms with Crippen molar-refractivity contribution in [2.45, 2.75) is 45.3 Å². The van der Waals surface area contributed by atoms with Gasteiger partial charge in [-0.25, -0.2) is 4.79 Å². The van der Waals surface area contributed by atoms with Gasteiger partial charge in [0.1, 0.15) is 11.5 Å². The zero-order valence-corrected chi connectivity index (χ0v) is 16.8. The number of para-hydroxylation sites is 1. The predicted octanol–water partition coefficient (Wildman–Crippen LogP) is 4.68. The molecule has 28 heavy (non-hydrogen) atoms. The molecule has 1 amide bonds. The summed E-state index contributed by atoms with van der Waals surface area (Å²) < 4.78 is 17.2. The van der Waals surface area contributed by atoms with E-state index in [1.807, 2.05) is 32.9 Å². The maximum absolute atomic E-state index is 12.7. The van der Waals surface area contributed by atoms with Crippen LogP contribution in [0.5, 0.6) is 17.4 Å². The highest BCUT2D eigenvalue weighted by molar-refractivity contribution is 6.29. The lowest BCUT2D eigenvalue weighted by Gasteiger charge is -2.28. The molecule has 1 aromatic heterocycles. The molecule has 2 fully saturated rings. The van der Waals surface area contributed by atoms with Crippen LogP contribution in [0.1, 0.15) is 43.7 Å². The second-order valence-electron chi connectivity index (χ2n) is 7.52. The zero-order valence-electron chi connectivity index (χ0n) is 16.1. The third-order valence-corrected chi connectivity index (χ3v) is 5.18. The Balaban J connectivity index is 1.62. The van der Waals surface area contributed by atoms with Crippen molar-refractivity contribution in [3.63, 3.8) is 0 Å². The van der Waals surface area contributed by atoms with Crippen LogP contribution in [0.25, 0.3) is 0 Å². The first-order valence-electron chi connectivity index (χ1n) is 9.29. The Kier molecular flexibility index (Phi) is 4.89. The molecule has 2 aliphatic rings. The van der Waals surface area contributed by atoms with Crippen molar-refractivity contribution in [3.8, 4) is 17.4 Å². The average molecular weight is 404 g/mol. The maximum Gasteiger partial charge on any atom is 0.417 e. The topological polar surface area (TPSA) is 73.8 Å². The van der Waals surface area contributed by atoms with Crippen LogP contribution in [0, 0.1) is 6.92 Å². The molecule has 0 bridgehead atoms. The van der Waals surface area contributed by atoms with E-state index in [4.69, 9.17) is 25.8 Å². The normalized spacial score (nSPS) is 18.2. The van der Waals surface area contributed by atoms with E-state index in [0.29, 0.717) is 19.1 Å². The number of benzene rings is 1. The van der Waals surface area contributed by atoms with Crippen LogP contribution in [-0.2, 0) is 4.74 Å². The van der Waals surface area contributed by atoms with E-state index >= 15 is 0 Å². The first kappa shape index (κ1) is 19.0. The quantitative estimate of drug-likeness (QED) is 0.738. The number of carbonyl (C=O) groups is 1. The minimum atomic E-state index is -0.739. The first-order chi connectivity index (χ1) is 13.3. The van der Waals surface area contributed by atoms with Crippen LogP contribution in [0.4, 0.5) is 4.79 Å². The fraction of sp³-hybridized carbons (Fsp3) is 0.450. The molecule has 7 nitrogen and oxygen atoms in total. The van der Waals surface area contributed by atoms with E-state index in [9.17, 15) is 4.79 Å². The Labute approximate surface area is 168 Å². The van der Waals surface area contributed by atoms with Crippen LogP contribution in [0.2, 0.25) is 5.15 Å². The number of carbonyl (C=O) groups excluding carboxylic acids is 1. The second-order valence-corrected chi connectivity index (χ2v) is 7.91. The van der Waals surface area contributed by atoms with Crippen LogP contribution in [-0.4, -0.2) is 40.1 Å². The van der Waals surface area contributed by atoms with Crippen LogP contribution < -0.4 is 9.47 Å². The fourth-order valence-corrected chi connectivity index (χ4v) is 3.44. The van der Waals surface area contributed by atoms with Gasteiger partial charge in [0.2, 0.25) is 0 Å². The van der Waals surface area contributed by atoms with Gasteiger partial charge in [-0.2, -0.15) is 0 Å². The standard InChI is InChI=1S/C20H22ClN3O4/c1-12-5-4-6-14(13-7-8-13)17(12)28-18-15(11-16(21)22-23-18)27-19(25)24-9-10-26-20(24,2)3/h4-6,11,13H,7-10H2,1-3H3. The van der Waals surface area contributed by atoms with Crippen molar-refractivity contribution in [2.75, 3.05) is 13.2 Å². The summed E-state index contributed by atoms with van der Waals surface area (Å²) >= 11 is 5.98. The van der Waals surface area contributed by atoms with Crippen molar-refractivity contribution in [1.82, 2.24) is 15.1 Å². The Morgan fingerprint density at radius 1 is 1.32 bits per heavy atom. The van der Waals surface area contributed by atoms with Crippen LogP contribution in [0.15, 0.2) is 24.3 Å². The molecule has 0 unspecified atom stereocenters. The van der Waals surface area contributed by atoms with E-state index in [1.165, 1.54) is 11.0 Å². The molecule has 2 heterocycles. The number of aromatic nitrogens is 2. The van der Waals surface area contributed by atoms with Crippen molar-refractivity contribution in [3.05, 3.63) is 40.5 Å². The molecule has 2 aromatic rings. The Hall–Kier alpha value is -2.38. The number of hydrogen-bond donors (Lipinski definition) is 0. The lowest BCUT2D eigenvalue weighted by Crippen LogP contribution is -2.45. The first-order valence-corrected chi connectivity index (χ1v) is 9.67. The Morgan fingerprint density at radius 3 is 2.79 bits per heavy atom. The summed E-state index contributed by atoms with van der Waals surface area (Å²) in [5.41, 5.74) is 1.37. The molecule has 0 N–H and O–H groups in total. The van der Waals surface area contributed by atoms with Gasteiger partial charge in [0.05, 0.1) is 13.2 Å². The van der Waals surface area contributed by atoms with Gasteiger partial charge < -0.3 is 14.2 Å². The average Bonchev–Trinajstić information content (AvgIpc) is 3.41. The zero-order chi connectivity index (χ0) is 19.9. The number of aryl methyl sites for hydroxylation is 1. The monoisotopic (exact) mass is 403 g/mol. The number of rotatable bonds is 4. The highest BCUT2D eigenvalue weighted by Gasteiger charge is 2.38. The number of halogens is 1. The molecule has 0 radical (unpaired) electrons. The van der Waals surface area contributed by atoms with Crippen LogP contribution in [0.3, 0.4) is 0 Å². The molecule has 4 rings (SSSR count).